The maximum absolute atomic E-state index is 9.97. The molecule has 2 heterocycles. The van der Waals surface area contributed by atoms with E-state index in [1.54, 1.807) is 4.72 Å². The summed E-state index contributed by atoms with van der Waals surface area (Å²) in [6.07, 6.45) is 2.58. The van der Waals surface area contributed by atoms with Crippen LogP contribution in [-0.4, -0.2) is 31.7 Å². The summed E-state index contributed by atoms with van der Waals surface area (Å²) >= 11 is 1.99. The first-order chi connectivity index (χ1) is 7.47. The monoisotopic (exact) mass is 304 g/mol. The molecule has 0 bridgehead atoms. The van der Waals surface area contributed by atoms with Crippen molar-refractivity contribution in [1.29, 1.82) is 0 Å². The van der Waals surface area contributed by atoms with Crippen molar-refractivity contribution in [3.8, 4) is 0 Å². The predicted octanol–water partition coefficient (Wildman–Crippen LogP) is -3.47. The van der Waals surface area contributed by atoms with Crippen LogP contribution in [0.2, 0.25) is 0 Å². The third-order valence-electron chi connectivity index (χ3n) is 0.952. The van der Waals surface area contributed by atoms with Crippen molar-refractivity contribution in [2.24, 2.45) is 0 Å². The molecule has 0 saturated heterocycles. The van der Waals surface area contributed by atoms with Gasteiger partial charge in [0, 0.05) is 23.1 Å². The summed E-state index contributed by atoms with van der Waals surface area (Å²) in [5.41, 5.74) is 5.12. The second kappa shape index (κ2) is 7.86. The van der Waals surface area contributed by atoms with Crippen LogP contribution in [-0.2, 0) is 10.3 Å². The first kappa shape index (κ1) is 16.6. The van der Waals surface area contributed by atoms with Crippen LogP contribution in [0.4, 0.5) is 10.3 Å². The number of nitrogen functional groups attached to an aromatic ring is 1. The molecule has 2 aromatic heterocycles. The summed E-state index contributed by atoms with van der Waals surface area (Å²) in [5.74, 6) is 0. The van der Waals surface area contributed by atoms with Crippen molar-refractivity contribution in [2.75, 3.05) is 10.5 Å². The average molecular weight is 304 g/mol. The van der Waals surface area contributed by atoms with E-state index in [-0.39, 0.29) is 34.7 Å². The molecular formula is C4H5N6NaO3S3. The Hall–Kier alpha value is -0.370. The van der Waals surface area contributed by atoms with Gasteiger partial charge in [-0.15, -0.1) is 0 Å². The molecule has 0 fully saturated rings. The third-order valence-corrected chi connectivity index (χ3v) is 2.60. The molecule has 0 aliphatic heterocycles. The third kappa shape index (κ3) is 8.37. The van der Waals surface area contributed by atoms with Crippen LogP contribution in [0.1, 0.15) is 0 Å². The van der Waals surface area contributed by atoms with Crippen molar-refractivity contribution in [1.82, 2.24) is 18.7 Å². The van der Waals surface area contributed by atoms with E-state index >= 15 is 0 Å². The number of aromatic nitrogens is 4. The number of nitrogens with two attached hydrogens (primary N) is 1. The van der Waals surface area contributed by atoms with Gasteiger partial charge >= 0.3 is 29.6 Å². The molecule has 2 aromatic rings. The van der Waals surface area contributed by atoms with Crippen LogP contribution in [0.5, 0.6) is 0 Å². The quantitative estimate of drug-likeness (QED) is 0.430. The Morgan fingerprint density at radius 1 is 1.24 bits per heavy atom. The summed E-state index contributed by atoms with van der Waals surface area (Å²) in [6, 6.07) is 0. The Bertz CT molecular complexity index is 499. The number of nitrogens with zero attached hydrogens (tertiary/aromatic N) is 4. The Labute approximate surface area is 127 Å². The van der Waals surface area contributed by atoms with E-state index in [4.69, 9.17) is 5.73 Å². The Morgan fingerprint density at radius 2 is 1.82 bits per heavy atom. The molecule has 9 nitrogen and oxygen atoms in total. The molecule has 0 aliphatic rings. The summed E-state index contributed by atoms with van der Waals surface area (Å²) in [7, 11) is -4.44. The normalized spacial score (nSPS) is 9.71. The summed E-state index contributed by atoms with van der Waals surface area (Å²) in [4.78, 5) is 7.02. The van der Waals surface area contributed by atoms with Crippen LogP contribution in [0.3, 0.4) is 0 Å². The standard InChI is InChI=1S/C2H3N3O3S2.C2H3N3S.Na/c6-10(7,8)5-2-3-1-4-9-2;3-2-4-1-5-6-2;/h1H,(H,3,4,5)(H,6,7,8);1H,(H2,3,4,5);/q;;+1/p-1. The largest absolute Gasteiger partial charge is 1.00 e. The van der Waals surface area contributed by atoms with Gasteiger partial charge in [-0.2, -0.15) is 8.75 Å². The zero-order chi connectivity index (χ0) is 12.0. The first-order valence-electron chi connectivity index (χ1n) is 3.50. The van der Waals surface area contributed by atoms with E-state index in [2.05, 4.69) is 18.7 Å². The van der Waals surface area contributed by atoms with Crippen LogP contribution >= 0.6 is 23.1 Å². The summed E-state index contributed by atoms with van der Waals surface area (Å²) < 4.78 is 38.6. The minimum Gasteiger partial charge on any atom is -0.731 e. The Morgan fingerprint density at radius 3 is 2.12 bits per heavy atom. The second-order valence-electron chi connectivity index (χ2n) is 2.08. The van der Waals surface area contributed by atoms with Crippen LogP contribution in [0.15, 0.2) is 12.7 Å². The van der Waals surface area contributed by atoms with Crippen LogP contribution in [0, 0.1) is 0 Å². The molecule has 88 valence electrons. The molecule has 0 radical (unpaired) electrons. The van der Waals surface area contributed by atoms with E-state index < -0.39 is 10.3 Å². The maximum Gasteiger partial charge on any atom is 1.00 e. The van der Waals surface area contributed by atoms with Crippen molar-refractivity contribution < 1.29 is 42.5 Å². The fourth-order valence-electron chi connectivity index (χ4n) is 0.507. The number of anilines is 2. The fraction of sp³-hybridized carbons (Fsp3) is 0. The topological polar surface area (TPSA) is 147 Å². The zero-order valence-electron chi connectivity index (χ0n) is 8.47. The Balaban J connectivity index is 0.000000316. The van der Waals surface area contributed by atoms with Crippen molar-refractivity contribution >= 4 is 43.6 Å². The molecule has 0 spiro atoms. The van der Waals surface area contributed by atoms with Gasteiger partial charge in [0.2, 0.25) is 5.13 Å². The molecule has 3 N–H and O–H groups in total. The van der Waals surface area contributed by atoms with E-state index in [1.165, 1.54) is 17.9 Å². The number of rotatable bonds is 2. The first-order valence-corrected chi connectivity index (χ1v) is 6.45. The van der Waals surface area contributed by atoms with E-state index in [0.717, 1.165) is 17.9 Å². The van der Waals surface area contributed by atoms with Crippen LogP contribution in [0.25, 0.3) is 0 Å². The molecule has 0 saturated carbocycles. The molecule has 2 rings (SSSR count). The van der Waals surface area contributed by atoms with E-state index in [1.807, 2.05) is 0 Å². The number of hydrogen-bond acceptors (Lipinski definition) is 10. The fourth-order valence-corrected chi connectivity index (χ4v) is 1.81. The SMILES string of the molecule is Nc1ncns1.O=S(=O)([O-])Nc1ncns1.[Na+]. The zero-order valence-corrected chi connectivity index (χ0v) is 12.9. The number of nitrogens with one attached hydrogen (secondary N) is 1. The Kier molecular flexibility index (Phi) is 7.69. The molecule has 0 atom stereocenters. The van der Waals surface area contributed by atoms with Crippen molar-refractivity contribution in [2.45, 2.75) is 0 Å². The number of hydrogen-bond donors (Lipinski definition) is 2. The minimum absolute atomic E-state index is 0. The van der Waals surface area contributed by atoms with Gasteiger partial charge in [-0.25, -0.2) is 18.4 Å². The van der Waals surface area contributed by atoms with Gasteiger partial charge in [-0.1, -0.05) is 0 Å². The van der Waals surface area contributed by atoms with Gasteiger partial charge < -0.3 is 10.3 Å². The van der Waals surface area contributed by atoms with E-state index in [9.17, 15) is 13.0 Å². The molecule has 0 aromatic carbocycles. The molecule has 0 aliphatic carbocycles. The molecule has 17 heavy (non-hydrogen) atoms. The van der Waals surface area contributed by atoms with Crippen molar-refractivity contribution in [3.63, 3.8) is 0 Å². The van der Waals surface area contributed by atoms with Gasteiger partial charge in [0.15, 0.2) is 15.4 Å². The van der Waals surface area contributed by atoms with Gasteiger partial charge in [-0.05, 0) is 0 Å². The molecule has 0 unspecified atom stereocenters. The smallest absolute Gasteiger partial charge is 0.731 e. The van der Waals surface area contributed by atoms with Crippen LogP contribution < -0.4 is 40.0 Å². The molecular weight excluding hydrogens is 299 g/mol. The second-order valence-corrected chi connectivity index (χ2v) is 4.79. The predicted molar refractivity (Wildman–Crippen MR) is 57.6 cm³/mol. The van der Waals surface area contributed by atoms with Gasteiger partial charge in [0.25, 0.3) is 0 Å². The van der Waals surface area contributed by atoms with Gasteiger partial charge in [-0.3, -0.25) is 4.72 Å². The maximum atomic E-state index is 9.97. The minimum atomic E-state index is -4.44. The molecule has 13 heteroatoms. The summed E-state index contributed by atoms with van der Waals surface area (Å²) in [6.45, 7) is 0. The van der Waals surface area contributed by atoms with Gasteiger partial charge in [0.05, 0.1) is 0 Å². The molecule has 0 amide bonds. The average Bonchev–Trinajstić information content (AvgIpc) is 2.76. The van der Waals surface area contributed by atoms with Crippen molar-refractivity contribution in [3.05, 3.63) is 12.7 Å². The van der Waals surface area contributed by atoms with Gasteiger partial charge in [0.1, 0.15) is 12.7 Å². The van der Waals surface area contributed by atoms with E-state index in [0.29, 0.717) is 5.13 Å². The summed E-state index contributed by atoms with van der Waals surface area (Å²) in [5, 5.41) is 0.505.